The van der Waals surface area contributed by atoms with Gasteiger partial charge in [0.2, 0.25) is 17.8 Å². The molecule has 10 heteroatoms. The van der Waals surface area contributed by atoms with Gasteiger partial charge in [-0.1, -0.05) is 25.0 Å². The van der Waals surface area contributed by atoms with Crippen LogP contribution in [0.15, 0.2) is 24.3 Å². The standard InChI is InChI=1S/C23H33N7O3/c1-2-33-23(32)30-15-13-29(14-16-30)22-27-20(24-12-11-17-7-9-19(31)10-8-17)26-21(28-22)25-18-5-3-4-6-18/h7-10,18,31H,2-6,11-16H2,1H3,(H2,24,25,26,27,28). The summed E-state index contributed by atoms with van der Waals surface area (Å²) in [5.74, 6) is 2.00. The van der Waals surface area contributed by atoms with Gasteiger partial charge in [-0.3, -0.25) is 0 Å². The van der Waals surface area contributed by atoms with E-state index < -0.39 is 0 Å². The van der Waals surface area contributed by atoms with Crippen molar-refractivity contribution in [1.82, 2.24) is 19.9 Å². The van der Waals surface area contributed by atoms with Crippen LogP contribution >= 0.6 is 0 Å². The Balaban J connectivity index is 1.42. The van der Waals surface area contributed by atoms with Crippen LogP contribution in [0.1, 0.15) is 38.2 Å². The zero-order chi connectivity index (χ0) is 23.0. The van der Waals surface area contributed by atoms with Crippen LogP contribution in [0.4, 0.5) is 22.6 Å². The van der Waals surface area contributed by atoms with Crippen LogP contribution in [0, 0.1) is 0 Å². The summed E-state index contributed by atoms with van der Waals surface area (Å²) in [4.78, 5) is 29.8. The fourth-order valence-electron chi connectivity index (χ4n) is 4.19. The van der Waals surface area contributed by atoms with Gasteiger partial charge in [-0.15, -0.1) is 0 Å². The number of benzene rings is 1. The van der Waals surface area contributed by atoms with E-state index in [0.717, 1.165) is 24.8 Å². The number of hydrogen-bond donors (Lipinski definition) is 3. The Morgan fingerprint density at radius 2 is 1.76 bits per heavy atom. The molecule has 178 valence electrons. The number of anilines is 3. The molecule has 3 N–H and O–H groups in total. The van der Waals surface area contributed by atoms with Crippen LogP contribution < -0.4 is 15.5 Å². The molecule has 1 aliphatic heterocycles. The summed E-state index contributed by atoms with van der Waals surface area (Å²) in [5.41, 5.74) is 1.12. The van der Waals surface area contributed by atoms with Gasteiger partial charge in [0.05, 0.1) is 6.61 Å². The highest BCUT2D eigenvalue weighted by Gasteiger charge is 2.25. The summed E-state index contributed by atoms with van der Waals surface area (Å²) in [6.45, 7) is 5.26. The average Bonchev–Trinajstić information content (AvgIpc) is 3.33. The number of carbonyl (C=O) groups is 1. The summed E-state index contributed by atoms with van der Waals surface area (Å²) in [6.07, 6.45) is 5.22. The van der Waals surface area contributed by atoms with Gasteiger partial charge in [-0.2, -0.15) is 15.0 Å². The molecular formula is C23H33N7O3. The van der Waals surface area contributed by atoms with E-state index in [1.807, 2.05) is 19.1 Å². The fraction of sp³-hybridized carbons (Fsp3) is 0.565. The summed E-state index contributed by atoms with van der Waals surface area (Å²) >= 11 is 0. The van der Waals surface area contributed by atoms with Crippen molar-refractivity contribution in [1.29, 1.82) is 0 Å². The zero-order valence-electron chi connectivity index (χ0n) is 19.2. The topological polar surface area (TPSA) is 116 Å². The molecule has 1 aromatic heterocycles. The number of rotatable bonds is 8. The van der Waals surface area contributed by atoms with Crippen molar-refractivity contribution < 1.29 is 14.6 Å². The van der Waals surface area contributed by atoms with E-state index in [-0.39, 0.29) is 11.8 Å². The number of nitrogens with zero attached hydrogens (tertiary/aromatic N) is 5. The van der Waals surface area contributed by atoms with E-state index in [1.54, 1.807) is 17.0 Å². The Morgan fingerprint density at radius 1 is 1.06 bits per heavy atom. The van der Waals surface area contributed by atoms with Crippen molar-refractivity contribution in [2.24, 2.45) is 0 Å². The third kappa shape index (κ3) is 6.36. The van der Waals surface area contributed by atoms with Gasteiger partial charge < -0.3 is 30.3 Å². The van der Waals surface area contributed by atoms with Gasteiger partial charge in [-0.05, 0) is 43.9 Å². The number of phenols is 1. The van der Waals surface area contributed by atoms with E-state index in [9.17, 15) is 9.90 Å². The van der Waals surface area contributed by atoms with Crippen LogP contribution in [0.25, 0.3) is 0 Å². The molecule has 1 aliphatic carbocycles. The van der Waals surface area contributed by atoms with Crippen molar-refractivity contribution in [3.63, 3.8) is 0 Å². The second-order valence-electron chi connectivity index (χ2n) is 8.42. The molecule has 33 heavy (non-hydrogen) atoms. The lowest BCUT2D eigenvalue weighted by atomic mass is 10.1. The average molecular weight is 456 g/mol. The summed E-state index contributed by atoms with van der Waals surface area (Å²) < 4.78 is 5.12. The third-order valence-corrected chi connectivity index (χ3v) is 6.03. The Bertz CT molecular complexity index is 911. The molecule has 0 radical (unpaired) electrons. The van der Waals surface area contributed by atoms with E-state index in [2.05, 4.69) is 25.5 Å². The molecule has 0 atom stereocenters. The van der Waals surface area contributed by atoms with Crippen LogP contribution in [0.3, 0.4) is 0 Å². The predicted octanol–water partition coefficient (Wildman–Crippen LogP) is 2.86. The molecule has 10 nitrogen and oxygen atoms in total. The van der Waals surface area contributed by atoms with Crippen LogP contribution in [0.2, 0.25) is 0 Å². The lowest BCUT2D eigenvalue weighted by Gasteiger charge is -2.34. The van der Waals surface area contributed by atoms with Gasteiger partial charge >= 0.3 is 6.09 Å². The minimum atomic E-state index is -0.270. The minimum absolute atomic E-state index is 0.263. The first-order chi connectivity index (χ1) is 16.1. The van der Waals surface area contributed by atoms with Crippen LogP contribution in [-0.4, -0.2) is 76.4 Å². The zero-order valence-corrected chi connectivity index (χ0v) is 19.2. The summed E-state index contributed by atoms with van der Waals surface area (Å²) in [6, 6.07) is 7.59. The SMILES string of the molecule is CCOC(=O)N1CCN(c2nc(NCCc3ccc(O)cc3)nc(NC3CCCC3)n2)CC1. The first kappa shape index (κ1) is 22.9. The molecule has 1 saturated carbocycles. The largest absolute Gasteiger partial charge is 0.508 e. The maximum absolute atomic E-state index is 12.0. The Kier molecular flexibility index (Phi) is 7.64. The molecule has 4 rings (SSSR count). The van der Waals surface area contributed by atoms with E-state index in [1.165, 1.54) is 12.8 Å². The third-order valence-electron chi connectivity index (χ3n) is 6.03. The number of hydrogen-bond acceptors (Lipinski definition) is 9. The molecule has 2 aromatic rings. The van der Waals surface area contributed by atoms with Gasteiger partial charge in [0.25, 0.3) is 0 Å². The van der Waals surface area contributed by atoms with Crippen LogP contribution in [-0.2, 0) is 11.2 Å². The van der Waals surface area contributed by atoms with Crippen molar-refractivity contribution in [3.05, 3.63) is 29.8 Å². The van der Waals surface area contributed by atoms with Crippen molar-refractivity contribution >= 4 is 23.9 Å². The Morgan fingerprint density at radius 3 is 2.45 bits per heavy atom. The Hall–Kier alpha value is -3.30. The molecular weight excluding hydrogens is 422 g/mol. The number of aromatic nitrogens is 3. The highest BCUT2D eigenvalue weighted by molar-refractivity contribution is 5.68. The predicted molar refractivity (Wildman–Crippen MR) is 127 cm³/mol. The van der Waals surface area contributed by atoms with E-state index >= 15 is 0 Å². The summed E-state index contributed by atoms with van der Waals surface area (Å²) in [7, 11) is 0. The van der Waals surface area contributed by atoms with Gasteiger partial charge in [0, 0.05) is 38.8 Å². The highest BCUT2D eigenvalue weighted by atomic mass is 16.6. The molecule has 1 aromatic carbocycles. The lowest BCUT2D eigenvalue weighted by molar-refractivity contribution is 0.105. The van der Waals surface area contributed by atoms with E-state index in [4.69, 9.17) is 9.72 Å². The number of nitrogens with one attached hydrogen (secondary N) is 2. The molecule has 0 bridgehead atoms. The number of ether oxygens (including phenoxy) is 1. The van der Waals surface area contributed by atoms with Crippen LogP contribution in [0.5, 0.6) is 5.75 Å². The van der Waals surface area contributed by atoms with Gasteiger partial charge in [0.15, 0.2) is 0 Å². The summed E-state index contributed by atoms with van der Waals surface area (Å²) in [5, 5.41) is 16.3. The monoisotopic (exact) mass is 455 g/mol. The second kappa shape index (κ2) is 11.0. The first-order valence-corrected chi connectivity index (χ1v) is 11.8. The maximum atomic E-state index is 12.0. The normalized spacial score (nSPS) is 16.6. The number of carbonyl (C=O) groups excluding carboxylic acids is 1. The molecule has 2 heterocycles. The number of piperazine rings is 1. The maximum Gasteiger partial charge on any atom is 0.409 e. The first-order valence-electron chi connectivity index (χ1n) is 11.8. The van der Waals surface area contributed by atoms with Crippen molar-refractivity contribution in [3.8, 4) is 5.75 Å². The van der Waals surface area contributed by atoms with E-state index in [0.29, 0.717) is 63.2 Å². The molecule has 0 unspecified atom stereocenters. The number of aromatic hydroxyl groups is 1. The van der Waals surface area contributed by atoms with Crippen molar-refractivity contribution in [2.75, 3.05) is 54.9 Å². The van der Waals surface area contributed by atoms with Crippen molar-refractivity contribution in [2.45, 2.75) is 45.1 Å². The van der Waals surface area contributed by atoms with Gasteiger partial charge in [0.1, 0.15) is 5.75 Å². The molecule has 1 amide bonds. The minimum Gasteiger partial charge on any atom is -0.508 e. The molecule has 2 fully saturated rings. The highest BCUT2D eigenvalue weighted by Crippen LogP contribution is 2.23. The smallest absolute Gasteiger partial charge is 0.409 e. The second-order valence-corrected chi connectivity index (χ2v) is 8.42. The lowest BCUT2D eigenvalue weighted by Crippen LogP contribution is -2.49. The molecule has 0 spiro atoms. The molecule has 2 aliphatic rings. The van der Waals surface area contributed by atoms with Gasteiger partial charge in [-0.25, -0.2) is 4.79 Å². The Labute approximate surface area is 194 Å². The quantitative estimate of drug-likeness (QED) is 0.552. The fourth-order valence-corrected chi connectivity index (χ4v) is 4.19. The molecule has 1 saturated heterocycles. The number of phenolic OH excluding ortho intramolecular Hbond substituents is 1. The number of amides is 1.